The molecule has 0 spiro atoms. The number of rotatable bonds is 9. The first-order chi connectivity index (χ1) is 16.2. The van der Waals surface area contributed by atoms with E-state index < -0.39 is 65.4 Å². The van der Waals surface area contributed by atoms with Gasteiger partial charge in [-0.1, -0.05) is 0 Å². The normalized spacial score (nSPS) is 28.8. The van der Waals surface area contributed by atoms with Crippen molar-refractivity contribution in [2.45, 2.75) is 43.6 Å². The van der Waals surface area contributed by atoms with E-state index in [1.54, 1.807) is 0 Å². The molecule has 0 aromatic carbocycles. The number of alkyl halides is 2. The van der Waals surface area contributed by atoms with Crippen molar-refractivity contribution in [3.8, 4) is 0 Å². The van der Waals surface area contributed by atoms with E-state index in [1.807, 2.05) is 0 Å². The van der Waals surface area contributed by atoms with Crippen molar-refractivity contribution in [3.63, 3.8) is 0 Å². The van der Waals surface area contributed by atoms with Gasteiger partial charge in [0.25, 0.3) is 5.56 Å². The average Bonchev–Trinajstić information content (AvgIpc) is 3.17. The van der Waals surface area contributed by atoms with Crippen LogP contribution in [0.3, 0.4) is 0 Å². The van der Waals surface area contributed by atoms with Gasteiger partial charge in [0.05, 0.1) is 5.39 Å². The zero-order valence-electron chi connectivity index (χ0n) is 18.2. The Bertz CT molecular complexity index is 1360. The minimum absolute atomic E-state index is 0.0977. The maximum atomic E-state index is 15.7. The van der Waals surface area contributed by atoms with Crippen molar-refractivity contribution in [2.75, 3.05) is 12.4 Å². The van der Waals surface area contributed by atoms with E-state index in [2.05, 4.69) is 18.6 Å². The molecule has 0 amide bonds. The Morgan fingerprint density at radius 3 is 2.42 bits per heavy atom. The lowest BCUT2D eigenvalue weighted by atomic mass is 9.89. The first kappa shape index (κ1) is 29.0. The molecule has 1 aliphatic heterocycles. The van der Waals surface area contributed by atoms with E-state index in [-0.39, 0.29) is 17.0 Å². The Hall–Kier alpha value is -1.59. The summed E-state index contributed by atoms with van der Waals surface area (Å²) in [6, 6.07) is 1.18. The molecule has 6 atom stereocenters. The lowest BCUT2D eigenvalue weighted by Crippen LogP contribution is -2.50. The summed E-state index contributed by atoms with van der Waals surface area (Å²) >= 11 is 0. The van der Waals surface area contributed by atoms with E-state index in [0.29, 0.717) is 0 Å². The van der Waals surface area contributed by atoms with Gasteiger partial charge in [-0.05, 0) is 19.9 Å². The molecule has 2 aromatic heterocycles. The minimum atomic E-state index is -5.88. The average molecular weight is 584 g/mol. The molecule has 3 rings (SSSR count). The van der Waals surface area contributed by atoms with Crippen LogP contribution in [-0.2, 0) is 31.6 Å². The molecule has 0 bridgehead atoms. The maximum Gasteiger partial charge on any atom is 0.490 e. The van der Waals surface area contributed by atoms with Crippen LogP contribution >= 0.6 is 23.5 Å². The van der Waals surface area contributed by atoms with E-state index in [4.69, 9.17) is 24.8 Å². The Labute approximate surface area is 199 Å². The topological polar surface area (TPSA) is 266 Å². The molecule has 8 N–H and O–H groups in total. The van der Waals surface area contributed by atoms with E-state index in [1.165, 1.54) is 6.07 Å². The van der Waals surface area contributed by atoms with Crippen molar-refractivity contribution in [1.82, 2.24) is 14.5 Å². The summed E-state index contributed by atoms with van der Waals surface area (Å²) in [4.78, 5) is 54.4. The number of phosphoric acid groups is 3. The van der Waals surface area contributed by atoms with Gasteiger partial charge in [0.15, 0.2) is 11.9 Å². The van der Waals surface area contributed by atoms with Gasteiger partial charge in [-0.25, -0.2) is 22.5 Å². The van der Waals surface area contributed by atoms with E-state index >= 15 is 4.39 Å². The Morgan fingerprint density at radius 2 is 1.86 bits per heavy atom. The van der Waals surface area contributed by atoms with Gasteiger partial charge >= 0.3 is 23.5 Å². The molecule has 0 aliphatic carbocycles. The number of H-pyrrole nitrogens is 1. The molecule has 17 nitrogen and oxygen atoms in total. The van der Waals surface area contributed by atoms with Gasteiger partial charge in [0, 0.05) is 6.20 Å². The molecule has 3 heterocycles. The minimum Gasteiger partial charge on any atom is -0.387 e. The highest BCUT2D eigenvalue weighted by atomic mass is 31.3. The Kier molecular flexibility index (Phi) is 7.49. The number of hydrogen-bond donors (Lipinski definition) is 7. The van der Waals surface area contributed by atoms with Gasteiger partial charge in [-0.15, -0.1) is 0 Å². The molecule has 0 radical (unpaired) electrons. The summed E-state index contributed by atoms with van der Waals surface area (Å²) in [5, 5.41) is 10.5. The Balaban J connectivity index is 1.94. The third-order valence-electron chi connectivity index (χ3n) is 4.97. The quantitative estimate of drug-likeness (QED) is 0.196. The molecule has 2 aromatic rings. The van der Waals surface area contributed by atoms with Crippen LogP contribution in [0, 0.1) is 0 Å². The molecule has 204 valence electrons. The third-order valence-corrected chi connectivity index (χ3v) is 9.00. The number of aliphatic hydroxyl groups excluding tert-OH is 1. The van der Waals surface area contributed by atoms with Crippen LogP contribution in [0.2, 0.25) is 0 Å². The highest BCUT2D eigenvalue weighted by Crippen LogP contribution is 2.67. The van der Waals surface area contributed by atoms with E-state index in [0.717, 1.165) is 24.6 Å². The molecule has 3 unspecified atom stereocenters. The van der Waals surface area contributed by atoms with Crippen molar-refractivity contribution in [3.05, 3.63) is 22.6 Å². The lowest BCUT2D eigenvalue weighted by Gasteiger charge is -2.34. The fourth-order valence-corrected chi connectivity index (χ4v) is 6.94. The smallest absolute Gasteiger partial charge is 0.387 e. The number of fused-ring (bicyclic) bond motifs is 1. The van der Waals surface area contributed by atoms with Crippen molar-refractivity contribution in [2.24, 2.45) is 0 Å². The number of aliphatic hydroxyl groups is 1. The first-order valence-corrected chi connectivity index (χ1v) is 14.0. The van der Waals surface area contributed by atoms with Gasteiger partial charge < -0.3 is 39.7 Å². The van der Waals surface area contributed by atoms with Crippen molar-refractivity contribution >= 4 is 40.4 Å². The van der Waals surface area contributed by atoms with E-state index in [9.17, 15) is 37.8 Å². The van der Waals surface area contributed by atoms with Crippen LogP contribution in [0.4, 0.5) is 14.7 Å². The number of nitrogen functional groups attached to an aromatic ring is 1. The SMILES string of the molecule is CC(C)(OP(=O)(O)OP(=O)(O)OP(=O)(O)O)[C@H]1O[C@@H](n2ccc3c(=O)[nH]c(N)nc32)C(F)(CF)[C@H]1O. The summed E-state index contributed by atoms with van der Waals surface area (Å²) < 4.78 is 82.5. The molecule has 22 heteroatoms. The number of ether oxygens (including phenoxy) is 1. The third kappa shape index (κ3) is 5.78. The van der Waals surface area contributed by atoms with Gasteiger partial charge in [0.2, 0.25) is 11.6 Å². The van der Waals surface area contributed by atoms with Crippen molar-refractivity contribution in [1.29, 1.82) is 0 Å². The molecule has 1 fully saturated rings. The largest absolute Gasteiger partial charge is 0.490 e. The van der Waals surface area contributed by atoms with Crippen molar-refractivity contribution < 1.29 is 65.0 Å². The fraction of sp³-hybridized carbons (Fsp3) is 0.571. The summed E-state index contributed by atoms with van der Waals surface area (Å²) in [6.07, 6.45) is -5.33. The first-order valence-electron chi connectivity index (χ1n) is 9.51. The molecule has 0 saturated carbocycles. The zero-order chi connectivity index (χ0) is 27.5. The number of aromatic amines is 1. The van der Waals surface area contributed by atoms with Crippen LogP contribution in [0.5, 0.6) is 0 Å². The standard InChI is InChI=1S/C14H21F2N4O13P3/c1-13(2,31-35(26,27)33-36(28,29)32-34(23,24)25)8-7(21)14(16,5-15)11(30-8)20-4-3-6-9(20)18-12(17)19-10(6)22/h3-4,7-8,11,21H,5H2,1-2H3,(H,26,27)(H,28,29)(H2,23,24,25)(H3,17,18,19,22)/t7-,8-,11+,14?/m0/s1. The highest BCUT2D eigenvalue weighted by Gasteiger charge is 2.63. The number of nitrogens with one attached hydrogen (secondary N) is 1. The second kappa shape index (κ2) is 9.31. The summed E-state index contributed by atoms with van der Waals surface area (Å²) in [5.74, 6) is -0.375. The van der Waals surface area contributed by atoms with Gasteiger partial charge in [-0.2, -0.15) is 13.6 Å². The maximum absolute atomic E-state index is 15.7. The van der Waals surface area contributed by atoms with Crippen LogP contribution in [0.25, 0.3) is 11.0 Å². The molecular weight excluding hydrogens is 563 g/mol. The molecule has 1 saturated heterocycles. The number of phosphoric ester groups is 1. The zero-order valence-corrected chi connectivity index (χ0v) is 20.8. The van der Waals surface area contributed by atoms with Crippen LogP contribution in [0.15, 0.2) is 17.1 Å². The lowest BCUT2D eigenvalue weighted by molar-refractivity contribution is -0.118. The predicted octanol–water partition coefficient (Wildman–Crippen LogP) is 0.365. The number of aromatic nitrogens is 3. The molecule has 36 heavy (non-hydrogen) atoms. The number of nitrogens with zero attached hydrogens (tertiary/aromatic N) is 2. The second-order valence-corrected chi connectivity index (χ2v) is 12.5. The number of anilines is 1. The van der Waals surface area contributed by atoms with Gasteiger partial charge in [0.1, 0.15) is 24.5 Å². The summed E-state index contributed by atoms with van der Waals surface area (Å²) in [5.41, 5.74) is -1.02. The van der Waals surface area contributed by atoms with Crippen LogP contribution < -0.4 is 11.3 Å². The highest BCUT2D eigenvalue weighted by molar-refractivity contribution is 7.66. The van der Waals surface area contributed by atoms with Crippen LogP contribution in [0.1, 0.15) is 20.1 Å². The predicted molar refractivity (Wildman–Crippen MR) is 114 cm³/mol. The number of halogens is 2. The molecule has 1 aliphatic rings. The molecular formula is C14H21F2N4O13P3. The monoisotopic (exact) mass is 584 g/mol. The van der Waals surface area contributed by atoms with Gasteiger partial charge in [-0.3, -0.25) is 14.3 Å². The fourth-order valence-electron chi connectivity index (χ4n) is 3.60. The number of hydrogen-bond acceptors (Lipinski definition) is 11. The van der Waals surface area contributed by atoms with Crippen LogP contribution in [-0.4, -0.2) is 69.4 Å². The summed E-state index contributed by atoms with van der Waals surface area (Å²) in [7, 11) is -17.3. The number of nitrogens with two attached hydrogens (primary N) is 1. The summed E-state index contributed by atoms with van der Waals surface area (Å²) in [6.45, 7) is -0.0109. The Morgan fingerprint density at radius 1 is 1.25 bits per heavy atom. The second-order valence-electron chi connectivity index (χ2n) is 8.11.